The molecule has 1 saturated carbocycles. The van der Waals surface area contributed by atoms with Gasteiger partial charge < -0.3 is 14.7 Å². The lowest BCUT2D eigenvalue weighted by Crippen LogP contribution is -2.43. The Morgan fingerprint density at radius 2 is 2.10 bits per heavy atom. The summed E-state index contributed by atoms with van der Waals surface area (Å²) >= 11 is 0. The number of aromatic nitrogens is 2. The second-order valence-electron chi connectivity index (χ2n) is 6.43. The number of hydrogen-bond acceptors (Lipinski definition) is 4. The third-order valence-corrected chi connectivity index (χ3v) is 4.31. The molecule has 0 spiro atoms. The van der Waals surface area contributed by atoms with Crippen LogP contribution in [0.2, 0.25) is 0 Å². The number of nitrogens with one attached hydrogen (secondary N) is 1. The number of nitrogens with zero attached hydrogens (tertiary/aromatic N) is 3. The minimum atomic E-state index is -0.0259. The molecule has 1 aliphatic rings. The molecule has 1 heterocycles. The molecular formula is C15H26N4O2. The lowest BCUT2D eigenvalue weighted by Gasteiger charge is -2.34. The largest absolute Gasteiger partial charge is 0.340 e. The molecule has 2 amide bonds. The Labute approximate surface area is 126 Å². The topological polar surface area (TPSA) is 71.3 Å². The Kier molecular flexibility index (Phi) is 5.20. The molecule has 118 valence electrons. The van der Waals surface area contributed by atoms with Crippen molar-refractivity contribution in [3.05, 3.63) is 11.7 Å². The summed E-state index contributed by atoms with van der Waals surface area (Å²) in [7, 11) is 1.80. The number of amides is 2. The van der Waals surface area contributed by atoms with E-state index in [4.69, 9.17) is 4.52 Å². The molecule has 1 aromatic rings. The van der Waals surface area contributed by atoms with Crippen LogP contribution in [0.4, 0.5) is 4.79 Å². The monoisotopic (exact) mass is 294 g/mol. The minimum absolute atomic E-state index is 0.0259. The maximum Gasteiger partial charge on any atom is 0.317 e. The van der Waals surface area contributed by atoms with Gasteiger partial charge in [0.25, 0.3) is 0 Å². The highest BCUT2D eigenvalue weighted by atomic mass is 16.5. The van der Waals surface area contributed by atoms with E-state index in [1.54, 1.807) is 18.9 Å². The Bertz CT molecular complexity index is 466. The molecule has 0 aromatic carbocycles. The maximum atomic E-state index is 12.1. The third kappa shape index (κ3) is 4.72. The van der Waals surface area contributed by atoms with Gasteiger partial charge in [0.1, 0.15) is 0 Å². The first kappa shape index (κ1) is 15.8. The number of likely N-dealkylation sites (N-methyl/N-ethyl adjacent to an activating group) is 1. The van der Waals surface area contributed by atoms with Gasteiger partial charge in [-0.3, -0.25) is 0 Å². The quantitative estimate of drug-likeness (QED) is 0.906. The molecule has 0 radical (unpaired) electrons. The van der Waals surface area contributed by atoms with E-state index in [1.165, 1.54) is 32.1 Å². The van der Waals surface area contributed by atoms with Gasteiger partial charge in [0.15, 0.2) is 5.82 Å². The Balaban J connectivity index is 1.72. The van der Waals surface area contributed by atoms with E-state index in [1.807, 2.05) is 0 Å². The van der Waals surface area contributed by atoms with Crippen LogP contribution in [-0.2, 0) is 6.42 Å². The van der Waals surface area contributed by atoms with Crippen molar-refractivity contribution < 1.29 is 9.32 Å². The first-order valence-corrected chi connectivity index (χ1v) is 7.77. The standard InChI is InChI=1S/C15H26N4O2/c1-12-17-13(18-21-12)7-10-19(3)14(20)16-11-15(2)8-5-4-6-9-15/h4-11H2,1-3H3,(H,16,20). The highest BCUT2D eigenvalue weighted by molar-refractivity contribution is 5.73. The highest BCUT2D eigenvalue weighted by Crippen LogP contribution is 2.34. The van der Waals surface area contributed by atoms with Crippen LogP contribution >= 0.6 is 0 Å². The molecule has 2 rings (SSSR count). The predicted octanol–water partition coefficient (Wildman–Crippen LogP) is 2.53. The molecule has 0 atom stereocenters. The van der Waals surface area contributed by atoms with Gasteiger partial charge in [0.05, 0.1) is 0 Å². The van der Waals surface area contributed by atoms with E-state index in [0.717, 1.165) is 6.54 Å². The molecule has 1 aliphatic carbocycles. The number of carbonyl (C=O) groups is 1. The fourth-order valence-electron chi connectivity index (χ4n) is 2.82. The van der Waals surface area contributed by atoms with Gasteiger partial charge >= 0.3 is 6.03 Å². The first-order valence-electron chi connectivity index (χ1n) is 7.77. The fraction of sp³-hybridized carbons (Fsp3) is 0.800. The molecule has 0 saturated heterocycles. The van der Waals surface area contributed by atoms with Crippen LogP contribution in [0.1, 0.15) is 50.7 Å². The third-order valence-electron chi connectivity index (χ3n) is 4.31. The fourth-order valence-corrected chi connectivity index (χ4v) is 2.82. The summed E-state index contributed by atoms with van der Waals surface area (Å²) in [6.45, 7) is 5.38. The van der Waals surface area contributed by atoms with Crippen molar-refractivity contribution in [3.8, 4) is 0 Å². The average molecular weight is 294 g/mol. The summed E-state index contributed by atoms with van der Waals surface area (Å²) in [6.07, 6.45) is 6.91. The van der Waals surface area contributed by atoms with Gasteiger partial charge in [-0.15, -0.1) is 0 Å². The summed E-state index contributed by atoms with van der Waals surface area (Å²) < 4.78 is 4.92. The van der Waals surface area contributed by atoms with Crippen LogP contribution in [-0.4, -0.2) is 41.2 Å². The summed E-state index contributed by atoms with van der Waals surface area (Å²) in [5, 5.41) is 6.89. The van der Waals surface area contributed by atoms with E-state index in [0.29, 0.717) is 24.7 Å². The van der Waals surface area contributed by atoms with E-state index >= 15 is 0 Å². The first-order chi connectivity index (χ1) is 9.98. The molecule has 6 nitrogen and oxygen atoms in total. The molecular weight excluding hydrogens is 268 g/mol. The molecule has 1 aromatic heterocycles. The molecule has 6 heteroatoms. The van der Waals surface area contributed by atoms with Crippen molar-refractivity contribution in [2.24, 2.45) is 5.41 Å². The number of carbonyl (C=O) groups excluding carboxylic acids is 1. The van der Waals surface area contributed by atoms with Crippen molar-refractivity contribution >= 4 is 6.03 Å². The van der Waals surface area contributed by atoms with Gasteiger partial charge in [-0.05, 0) is 18.3 Å². The second kappa shape index (κ2) is 6.91. The van der Waals surface area contributed by atoms with Crippen molar-refractivity contribution in [1.29, 1.82) is 0 Å². The highest BCUT2D eigenvalue weighted by Gasteiger charge is 2.27. The summed E-state index contributed by atoms with van der Waals surface area (Å²) in [6, 6.07) is -0.0259. The maximum absolute atomic E-state index is 12.1. The summed E-state index contributed by atoms with van der Waals surface area (Å²) in [5.74, 6) is 1.20. The van der Waals surface area contributed by atoms with E-state index < -0.39 is 0 Å². The van der Waals surface area contributed by atoms with Crippen LogP contribution < -0.4 is 5.32 Å². The molecule has 1 N–H and O–H groups in total. The van der Waals surface area contributed by atoms with Gasteiger partial charge in [-0.2, -0.15) is 4.98 Å². The molecule has 0 aliphatic heterocycles. The van der Waals surface area contributed by atoms with Crippen LogP contribution in [0.5, 0.6) is 0 Å². The number of urea groups is 1. The second-order valence-corrected chi connectivity index (χ2v) is 6.43. The molecule has 21 heavy (non-hydrogen) atoms. The van der Waals surface area contributed by atoms with Crippen LogP contribution in [0.25, 0.3) is 0 Å². The average Bonchev–Trinajstić information content (AvgIpc) is 2.89. The Hall–Kier alpha value is -1.59. The smallest absolute Gasteiger partial charge is 0.317 e. The van der Waals surface area contributed by atoms with Gasteiger partial charge in [0.2, 0.25) is 5.89 Å². The van der Waals surface area contributed by atoms with E-state index in [9.17, 15) is 4.79 Å². The molecule has 1 fully saturated rings. The Morgan fingerprint density at radius 1 is 1.38 bits per heavy atom. The van der Waals surface area contributed by atoms with Crippen molar-refractivity contribution in [1.82, 2.24) is 20.4 Å². The van der Waals surface area contributed by atoms with Gasteiger partial charge in [-0.25, -0.2) is 4.79 Å². The van der Waals surface area contributed by atoms with E-state index in [-0.39, 0.29) is 11.4 Å². The van der Waals surface area contributed by atoms with Crippen molar-refractivity contribution in [3.63, 3.8) is 0 Å². The zero-order valence-electron chi connectivity index (χ0n) is 13.3. The van der Waals surface area contributed by atoms with Gasteiger partial charge in [-0.1, -0.05) is 31.3 Å². The van der Waals surface area contributed by atoms with Crippen LogP contribution in [0.3, 0.4) is 0 Å². The van der Waals surface area contributed by atoms with Gasteiger partial charge in [0, 0.05) is 33.5 Å². The number of hydrogen-bond donors (Lipinski definition) is 1. The van der Waals surface area contributed by atoms with E-state index in [2.05, 4.69) is 22.4 Å². The SMILES string of the molecule is Cc1nc(CCN(C)C(=O)NCC2(C)CCCCC2)no1. The number of aryl methyl sites for hydroxylation is 1. The van der Waals surface area contributed by atoms with Crippen LogP contribution in [0, 0.1) is 12.3 Å². The molecule has 0 bridgehead atoms. The normalized spacial score (nSPS) is 17.5. The number of rotatable bonds is 5. The Morgan fingerprint density at radius 3 is 2.71 bits per heavy atom. The minimum Gasteiger partial charge on any atom is -0.340 e. The van der Waals surface area contributed by atoms with Crippen molar-refractivity contribution in [2.75, 3.05) is 20.1 Å². The lowest BCUT2D eigenvalue weighted by atomic mass is 9.76. The summed E-state index contributed by atoms with van der Waals surface area (Å²) in [4.78, 5) is 17.9. The molecule has 0 unspecified atom stereocenters. The van der Waals surface area contributed by atoms with Crippen molar-refractivity contribution in [2.45, 2.75) is 52.4 Å². The zero-order valence-corrected chi connectivity index (χ0v) is 13.3. The zero-order chi connectivity index (χ0) is 15.3. The predicted molar refractivity (Wildman–Crippen MR) is 80.0 cm³/mol. The summed E-state index contributed by atoms with van der Waals surface area (Å²) in [5.41, 5.74) is 0.263. The van der Waals surface area contributed by atoms with Crippen LogP contribution in [0.15, 0.2) is 4.52 Å². The lowest BCUT2D eigenvalue weighted by molar-refractivity contribution is 0.182.